The zero-order valence-electron chi connectivity index (χ0n) is 12.6. The van der Waals surface area contributed by atoms with Gasteiger partial charge < -0.3 is 10.2 Å². The highest BCUT2D eigenvalue weighted by molar-refractivity contribution is 7.98. The average molecular weight is 346 g/mol. The molecule has 1 saturated heterocycles. The minimum Gasteiger partial charge on any atom is -0.338 e. The Balaban J connectivity index is 0.00000242. The number of nitrogens with zero attached hydrogens (tertiary/aromatic N) is 2. The number of benzene rings is 1. The number of hydrogen-bond donors (Lipinski definition) is 1. The number of rotatable bonds is 4. The summed E-state index contributed by atoms with van der Waals surface area (Å²) in [6, 6.07) is 5.13. The van der Waals surface area contributed by atoms with Crippen molar-refractivity contribution in [3.05, 3.63) is 33.9 Å². The summed E-state index contributed by atoms with van der Waals surface area (Å²) in [6.45, 7) is 1.26. The lowest BCUT2D eigenvalue weighted by molar-refractivity contribution is -0.385. The fourth-order valence-electron chi connectivity index (χ4n) is 2.51. The second kappa shape index (κ2) is 8.36. The van der Waals surface area contributed by atoms with Crippen LogP contribution in [-0.4, -0.2) is 48.2 Å². The molecular formula is C14H20ClN3O3S. The lowest BCUT2D eigenvalue weighted by Gasteiger charge is -2.31. The van der Waals surface area contributed by atoms with Crippen LogP contribution in [0, 0.1) is 10.1 Å². The zero-order valence-corrected chi connectivity index (χ0v) is 14.2. The summed E-state index contributed by atoms with van der Waals surface area (Å²) in [4.78, 5) is 25.8. The number of carbonyl (C=O) groups excluding carboxylic acids is 1. The van der Waals surface area contributed by atoms with Crippen molar-refractivity contribution >= 4 is 35.8 Å². The minimum atomic E-state index is -0.488. The smallest absolute Gasteiger partial charge is 0.282 e. The van der Waals surface area contributed by atoms with E-state index in [9.17, 15) is 14.9 Å². The fourth-order valence-corrected chi connectivity index (χ4v) is 2.95. The van der Waals surface area contributed by atoms with Gasteiger partial charge in [-0.25, -0.2) is 0 Å². The summed E-state index contributed by atoms with van der Waals surface area (Å²) in [6.07, 6.45) is 3.63. The van der Waals surface area contributed by atoms with Crippen LogP contribution in [0.4, 0.5) is 5.69 Å². The minimum absolute atomic E-state index is 0. The number of thioether (sulfide) groups is 1. The highest BCUT2D eigenvalue weighted by atomic mass is 35.5. The number of carbonyl (C=O) groups is 1. The Labute approximate surface area is 140 Å². The van der Waals surface area contributed by atoms with Gasteiger partial charge in [0.25, 0.3) is 11.6 Å². The van der Waals surface area contributed by atoms with Gasteiger partial charge in [-0.1, -0.05) is 0 Å². The van der Waals surface area contributed by atoms with Crippen molar-refractivity contribution in [2.24, 2.45) is 0 Å². The van der Waals surface area contributed by atoms with Gasteiger partial charge in [0.1, 0.15) is 5.56 Å². The normalized spacial score (nSPS) is 15.3. The Hall–Kier alpha value is -1.31. The van der Waals surface area contributed by atoms with E-state index in [-0.39, 0.29) is 29.6 Å². The summed E-state index contributed by atoms with van der Waals surface area (Å²) < 4.78 is 0. The summed E-state index contributed by atoms with van der Waals surface area (Å²) in [5, 5.41) is 14.3. The molecule has 0 aliphatic carbocycles. The van der Waals surface area contributed by atoms with Crippen molar-refractivity contribution in [1.29, 1.82) is 0 Å². The first-order valence-corrected chi connectivity index (χ1v) is 8.08. The molecule has 1 heterocycles. The summed E-state index contributed by atoms with van der Waals surface area (Å²) >= 11 is 1.47. The van der Waals surface area contributed by atoms with E-state index in [4.69, 9.17) is 0 Å². The second-order valence-corrected chi connectivity index (χ2v) is 5.87. The molecule has 0 spiro atoms. The molecule has 1 amide bonds. The Kier molecular flexibility index (Phi) is 7.12. The first kappa shape index (κ1) is 18.7. The Morgan fingerprint density at radius 1 is 1.41 bits per heavy atom. The number of nitrogens with one attached hydrogen (secondary N) is 1. The molecule has 0 atom stereocenters. The van der Waals surface area contributed by atoms with E-state index in [1.165, 1.54) is 17.8 Å². The molecule has 8 heteroatoms. The summed E-state index contributed by atoms with van der Waals surface area (Å²) in [5.74, 6) is -0.243. The molecule has 0 radical (unpaired) electrons. The predicted molar refractivity (Wildman–Crippen MR) is 90.1 cm³/mol. The van der Waals surface area contributed by atoms with Crippen LogP contribution in [0.15, 0.2) is 23.1 Å². The van der Waals surface area contributed by atoms with Crippen molar-refractivity contribution in [1.82, 2.24) is 10.2 Å². The number of amides is 1. The van der Waals surface area contributed by atoms with Crippen molar-refractivity contribution in [3.8, 4) is 0 Å². The maximum atomic E-state index is 12.6. The first-order valence-electron chi connectivity index (χ1n) is 6.85. The first-order chi connectivity index (χ1) is 10.1. The Morgan fingerprint density at radius 2 is 2.05 bits per heavy atom. The number of hydrogen-bond acceptors (Lipinski definition) is 5. The average Bonchev–Trinajstić information content (AvgIpc) is 2.53. The lowest BCUT2D eigenvalue weighted by Crippen LogP contribution is -2.44. The highest BCUT2D eigenvalue weighted by Crippen LogP contribution is 2.26. The predicted octanol–water partition coefficient (Wildman–Crippen LogP) is 2.56. The molecule has 1 aromatic carbocycles. The second-order valence-electron chi connectivity index (χ2n) is 5.00. The number of nitro benzene ring substituents is 1. The molecule has 0 bridgehead atoms. The van der Waals surface area contributed by atoms with Gasteiger partial charge in [-0.15, -0.1) is 24.2 Å². The lowest BCUT2D eigenvalue weighted by atomic mass is 10.0. The van der Waals surface area contributed by atoms with Crippen molar-refractivity contribution in [3.63, 3.8) is 0 Å². The number of piperidine rings is 1. The van der Waals surface area contributed by atoms with Gasteiger partial charge in [0, 0.05) is 30.1 Å². The van der Waals surface area contributed by atoms with E-state index < -0.39 is 4.92 Å². The van der Waals surface area contributed by atoms with E-state index >= 15 is 0 Å². The molecule has 1 aliphatic rings. The van der Waals surface area contributed by atoms with Crippen LogP contribution in [0.1, 0.15) is 23.2 Å². The van der Waals surface area contributed by atoms with Crippen molar-refractivity contribution < 1.29 is 9.72 Å². The van der Waals surface area contributed by atoms with Gasteiger partial charge in [0.05, 0.1) is 4.92 Å². The largest absolute Gasteiger partial charge is 0.338 e. The number of halogens is 1. The van der Waals surface area contributed by atoms with Crippen molar-refractivity contribution in [2.75, 3.05) is 26.4 Å². The van der Waals surface area contributed by atoms with Crippen LogP contribution in [0.2, 0.25) is 0 Å². The van der Waals surface area contributed by atoms with E-state index in [1.807, 2.05) is 13.3 Å². The number of nitro groups is 1. The molecule has 6 nitrogen and oxygen atoms in total. The molecule has 0 unspecified atom stereocenters. The molecule has 2 rings (SSSR count). The topological polar surface area (TPSA) is 75.5 Å². The van der Waals surface area contributed by atoms with Gasteiger partial charge in [0.15, 0.2) is 0 Å². The van der Waals surface area contributed by atoms with Gasteiger partial charge in [-0.05, 0) is 38.3 Å². The van der Waals surface area contributed by atoms with Crippen LogP contribution < -0.4 is 5.32 Å². The molecule has 122 valence electrons. The third-order valence-corrected chi connectivity index (χ3v) is 4.55. The molecular weight excluding hydrogens is 326 g/mol. The van der Waals surface area contributed by atoms with Crippen LogP contribution >= 0.6 is 24.2 Å². The number of likely N-dealkylation sites (tertiary alicyclic amines) is 1. The monoisotopic (exact) mass is 345 g/mol. The third-order valence-electron chi connectivity index (χ3n) is 3.82. The molecule has 0 aromatic heterocycles. The van der Waals surface area contributed by atoms with E-state index in [0.29, 0.717) is 19.1 Å². The Morgan fingerprint density at radius 3 is 2.55 bits per heavy atom. The molecule has 0 saturated carbocycles. The summed E-state index contributed by atoms with van der Waals surface area (Å²) in [7, 11) is 1.91. The van der Waals surface area contributed by atoms with Gasteiger partial charge in [-0.3, -0.25) is 14.9 Å². The maximum absolute atomic E-state index is 12.6. The maximum Gasteiger partial charge on any atom is 0.282 e. The molecule has 1 fully saturated rings. The fraction of sp³-hybridized carbons (Fsp3) is 0.500. The van der Waals surface area contributed by atoms with Gasteiger partial charge >= 0.3 is 0 Å². The standard InChI is InChI=1S/C14H19N3O3S.ClH/c1-15-10-5-7-16(8-6-10)14(18)12-9-11(21-2)3-4-13(12)17(19)20;/h3-4,9-10,15H,5-8H2,1-2H3;1H. The Bertz CT molecular complexity index is 548. The van der Waals surface area contributed by atoms with Gasteiger partial charge in [-0.2, -0.15) is 0 Å². The molecule has 1 aromatic rings. The SMILES string of the molecule is CNC1CCN(C(=O)c2cc(SC)ccc2[N+](=O)[O-])CC1.Cl. The molecule has 22 heavy (non-hydrogen) atoms. The molecule has 1 N–H and O–H groups in total. The highest BCUT2D eigenvalue weighted by Gasteiger charge is 2.28. The van der Waals surface area contributed by atoms with E-state index in [0.717, 1.165) is 17.7 Å². The van der Waals surface area contributed by atoms with Crippen LogP contribution in [-0.2, 0) is 0 Å². The van der Waals surface area contributed by atoms with Crippen molar-refractivity contribution in [2.45, 2.75) is 23.8 Å². The third kappa shape index (κ3) is 4.12. The van der Waals surface area contributed by atoms with Crippen LogP contribution in [0.3, 0.4) is 0 Å². The van der Waals surface area contributed by atoms with Gasteiger partial charge in [0.2, 0.25) is 0 Å². The van der Waals surface area contributed by atoms with Crippen LogP contribution in [0.5, 0.6) is 0 Å². The zero-order chi connectivity index (χ0) is 15.4. The van der Waals surface area contributed by atoms with E-state index in [1.54, 1.807) is 17.0 Å². The van der Waals surface area contributed by atoms with Crippen LogP contribution in [0.25, 0.3) is 0 Å². The van der Waals surface area contributed by atoms with E-state index in [2.05, 4.69) is 5.32 Å². The summed E-state index contributed by atoms with van der Waals surface area (Å²) in [5.41, 5.74) is 0.0725. The molecule has 1 aliphatic heterocycles. The quantitative estimate of drug-likeness (QED) is 0.515.